The van der Waals surface area contributed by atoms with Crippen molar-refractivity contribution in [3.05, 3.63) is 22.2 Å². The predicted molar refractivity (Wildman–Crippen MR) is 69.1 cm³/mol. The highest BCUT2D eigenvalue weighted by molar-refractivity contribution is 7.98. The Morgan fingerprint density at radius 3 is 2.95 bits per heavy atom. The maximum atomic E-state index is 11.6. The number of rotatable bonds is 5. The Bertz CT molecular complexity index is 625. The van der Waals surface area contributed by atoms with E-state index >= 15 is 0 Å². The van der Waals surface area contributed by atoms with Crippen LogP contribution in [0.1, 0.15) is 50.4 Å². The van der Waals surface area contributed by atoms with Crippen molar-refractivity contribution in [3.63, 3.8) is 0 Å². The van der Waals surface area contributed by atoms with Gasteiger partial charge in [0.2, 0.25) is 5.89 Å². The summed E-state index contributed by atoms with van der Waals surface area (Å²) >= 11 is 1.44. The van der Waals surface area contributed by atoms with Crippen LogP contribution in [0.25, 0.3) is 0 Å². The Labute approximate surface area is 113 Å². The number of hydrogen-bond donors (Lipinski definition) is 1. The first-order valence-electron chi connectivity index (χ1n) is 6.27. The van der Waals surface area contributed by atoms with Crippen molar-refractivity contribution in [1.29, 1.82) is 0 Å². The van der Waals surface area contributed by atoms with Crippen LogP contribution in [-0.4, -0.2) is 24.9 Å². The summed E-state index contributed by atoms with van der Waals surface area (Å²) < 4.78 is 6.88. The lowest BCUT2D eigenvalue weighted by Gasteiger charge is -2.00. The first-order valence-corrected chi connectivity index (χ1v) is 7.26. The lowest BCUT2D eigenvalue weighted by Crippen LogP contribution is -2.16. The quantitative estimate of drug-likeness (QED) is 0.839. The van der Waals surface area contributed by atoms with Gasteiger partial charge >= 0.3 is 5.69 Å². The zero-order valence-corrected chi connectivity index (χ0v) is 11.6. The number of nitrogens with one attached hydrogen (secondary N) is 1. The maximum absolute atomic E-state index is 11.6. The summed E-state index contributed by atoms with van der Waals surface area (Å²) in [6, 6.07) is 0.308. The van der Waals surface area contributed by atoms with Crippen LogP contribution < -0.4 is 5.69 Å². The Morgan fingerprint density at radius 1 is 1.53 bits per heavy atom. The molecule has 0 spiro atoms. The lowest BCUT2D eigenvalue weighted by molar-refractivity contribution is 0.382. The zero-order chi connectivity index (χ0) is 13.4. The minimum Gasteiger partial charge on any atom is -0.338 e. The molecule has 0 unspecified atom stereocenters. The summed E-state index contributed by atoms with van der Waals surface area (Å²) in [4.78, 5) is 15.9. The summed E-state index contributed by atoms with van der Waals surface area (Å²) in [5.74, 6) is 2.04. The molecule has 1 fully saturated rings. The molecule has 0 amide bonds. The average molecular weight is 281 g/mol. The van der Waals surface area contributed by atoms with Crippen LogP contribution in [0.4, 0.5) is 0 Å². The van der Waals surface area contributed by atoms with Crippen molar-refractivity contribution in [2.75, 3.05) is 0 Å². The second-order valence-electron chi connectivity index (χ2n) is 4.90. The molecular weight excluding hydrogens is 266 g/mol. The highest BCUT2D eigenvalue weighted by Gasteiger charge is 2.28. The fraction of sp³-hybridized carbons (Fsp3) is 0.636. The van der Waals surface area contributed by atoms with Gasteiger partial charge in [0.1, 0.15) is 0 Å². The van der Waals surface area contributed by atoms with Crippen molar-refractivity contribution in [1.82, 2.24) is 24.9 Å². The lowest BCUT2D eigenvalue weighted by atomic mass is 10.2. The Morgan fingerprint density at radius 2 is 2.32 bits per heavy atom. The van der Waals surface area contributed by atoms with Crippen molar-refractivity contribution in [3.8, 4) is 0 Å². The molecule has 2 heterocycles. The van der Waals surface area contributed by atoms with Crippen molar-refractivity contribution in [2.24, 2.45) is 0 Å². The molecule has 19 heavy (non-hydrogen) atoms. The molecule has 2 aromatic rings. The molecule has 8 heteroatoms. The van der Waals surface area contributed by atoms with Gasteiger partial charge in [-0.05, 0) is 12.8 Å². The second kappa shape index (κ2) is 4.84. The van der Waals surface area contributed by atoms with Crippen molar-refractivity contribution in [2.45, 2.75) is 49.6 Å². The number of hydrogen-bond acceptors (Lipinski definition) is 6. The Kier molecular flexibility index (Phi) is 3.17. The van der Waals surface area contributed by atoms with Crippen LogP contribution >= 0.6 is 11.8 Å². The minimum absolute atomic E-state index is 0.140. The zero-order valence-electron chi connectivity index (χ0n) is 10.8. The van der Waals surface area contributed by atoms with Gasteiger partial charge in [-0.1, -0.05) is 30.8 Å². The molecule has 2 aromatic heterocycles. The molecule has 1 aliphatic rings. The van der Waals surface area contributed by atoms with E-state index in [0.29, 0.717) is 28.7 Å². The molecule has 0 radical (unpaired) electrons. The molecule has 0 atom stereocenters. The van der Waals surface area contributed by atoms with E-state index in [1.807, 2.05) is 13.8 Å². The third-order valence-electron chi connectivity index (χ3n) is 2.91. The summed E-state index contributed by atoms with van der Waals surface area (Å²) in [6.07, 6.45) is 2.09. The molecular formula is C11H15N5O2S. The van der Waals surface area contributed by atoms with E-state index in [1.54, 1.807) is 4.57 Å². The van der Waals surface area contributed by atoms with E-state index < -0.39 is 0 Å². The standard InChI is InChI=1S/C11H15N5O2S/c1-6(2)9-12-8(18-15-9)5-19-11-14-13-10(17)16(11)7-3-4-7/h6-7H,3-5H2,1-2H3,(H,13,17). The summed E-state index contributed by atoms with van der Waals surface area (Å²) in [6.45, 7) is 4.03. The SMILES string of the molecule is CC(C)c1noc(CSc2n[nH]c(=O)n2C2CC2)n1. The van der Waals surface area contributed by atoms with E-state index in [2.05, 4.69) is 20.3 Å². The topological polar surface area (TPSA) is 89.6 Å². The highest BCUT2D eigenvalue weighted by Crippen LogP contribution is 2.36. The molecule has 0 bridgehead atoms. The molecule has 1 saturated carbocycles. The number of H-pyrrole nitrogens is 1. The third kappa shape index (κ3) is 2.58. The van der Waals surface area contributed by atoms with Gasteiger partial charge in [0.25, 0.3) is 0 Å². The summed E-state index contributed by atoms with van der Waals surface area (Å²) in [5, 5.41) is 11.1. The van der Waals surface area contributed by atoms with Gasteiger partial charge in [0, 0.05) is 12.0 Å². The fourth-order valence-corrected chi connectivity index (χ4v) is 2.59. The molecule has 3 rings (SSSR count). The van der Waals surface area contributed by atoms with Crippen LogP contribution in [0.5, 0.6) is 0 Å². The first-order chi connectivity index (χ1) is 9.15. The van der Waals surface area contributed by atoms with Crippen molar-refractivity contribution >= 4 is 11.8 Å². The molecule has 7 nitrogen and oxygen atoms in total. The molecule has 102 valence electrons. The van der Waals surface area contributed by atoms with E-state index in [9.17, 15) is 4.79 Å². The normalized spacial score (nSPS) is 15.3. The van der Waals surface area contributed by atoms with E-state index in [1.165, 1.54) is 11.8 Å². The number of thioether (sulfide) groups is 1. The number of nitrogens with zero attached hydrogens (tertiary/aromatic N) is 4. The second-order valence-corrected chi connectivity index (χ2v) is 5.84. The summed E-state index contributed by atoms with van der Waals surface area (Å²) in [5.41, 5.74) is -0.140. The van der Waals surface area contributed by atoms with E-state index in [-0.39, 0.29) is 11.6 Å². The van der Waals surface area contributed by atoms with Gasteiger partial charge in [-0.3, -0.25) is 4.57 Å². The number of aromatic amines is 1. The Balaban J connectivity index is 1.70. The average Bonchev–Trinajstić information content (AvgIpc) is 2.97. The van der Waals surface area contributed by atoms with Crippen molar-refractivity contribution < 1.29 is 4.52 Å². The van der Waals surface area contributed by atoms with E-state index in [0.717, 1.165) is 12.8 Å². The van der Waals surface area contributed by atoms with Gasteiger partial charge in [-0.25, -0.2) is 9.89 Å². The first kappa shape index (κ1) is 12.5. The Hall–Kier alpha value is -1.57. The predicted octanol–water partition coefficient (Wildman–Crippen LogP) is 1.71. The van der Waals surface area contributed by atoms with E-state index in [4.69, 9.17) is 4.52 Å². The number of aromatic nitrogens is 5. The highest BCUT2D eigenvalue weighted by atomic mass is 32.2. The van der Waals surface area contributed by atoms with Gasteiger partial charge in [0.05, 0.1) is 5.75 Å². The molecule has 1 aliphatic carbocycles. The monoisotopic (exact) mass is 281 g/mol. The third-order valence-corrected chi connectivity index (χ3v) is 3.85. The van der Waals surface area contributed by atoms with Crippen LogP contribution in [0.2, 0.25) is 0 Å². The molecule has 0 aliphatic heterocycles. The van der Waals surface area contributed by atoms with Crippen LogP contribution in [0.3, 0.4) is 0 Å². The largest absolute Gasteiger partial charge is 0.344 e. The molecule has 1 N–H and O–H groups in total. The van der Waals surface area contributed by atoms with Crippen LogP contribution in [-0.2, 0) is 5.75 Å². The van der Waals surface area contributed by atoms with Gasteiger partial charge in [-0.15, -0.1) is 5.10 Å². The maximum Gasteiger partial charge on any atom is 0.344 e. The molecule has 0 aromatic carbocycles. The summed E-state index contributed by atoms with van der Waals surface area (Å²) in [7, 11) is 0. The van der Waals surface area contributed by atoms with Gasteiger partial charge in [-0.2, -0.15) is 4.98 Å². The van der Waals surface area contributed by atoms with Crippen LogP contribution in [0.15, 0.2) is 14.5 Å². The van der Waals surface area contributed by atoms with Gasteiger partial charge in [0.15, 0.2) is 11.0 Å². The molecule has 0 saturated heterocycles. The minimum atomic E-state index is -0.140. The fourth-order valence-electron chi connectivity index (χ4n) is 1.73. The van der Waals surface area contributed by atoms with Crippen LogP contribution in [0, 0.1) is 0 Å². The smallest absolute Gasteiger partial charge is 0.338 e. The van der Waals surface area contributed by atoms with Gasteiger partial charge < -0.3 is 4.52 Å².